The maximum Gasteiger partial charge on any atom is 0.355 e. The molecule has 3 aromatic rings. The van der Waals surface area contributed by atoms with Crippen LogP contribution in [0.25, 0.3) is 22.3 Å². The summed E-state index contributed by atoms with van der Waals surface area (Å²) in [6, 6.07) is -1.02. The van der Waals surface area contributed by atoms with E-state index >= 15 is 4.39 Å². The Morgan fingerprint density at radius 2 is 1.70 bits per heavy atom. The molecule has 7 rings (SSSR count). The van der Waals surface area contributed by atoms with Crippen LogP contribution in [0.15, 0.2) is 16.9 Å². The smallest absolute Gasteiger partial charge is 0.355 e. The summed E-state index contributed by atoms with van der Waals surface area (Å²) in [4.78, 5) is 104. The molecule has 5 N–H and O–H groups in total. The highest BCUT2D eigenvalue weighted by Gasteiger charge is 2.52. The molecule has 1 aromatic carbocycles. The molecule has 20 nitrogen and oxygen atoms in total. The number of aliphatic carboxylic acids is 1. The molecule has 0 bridgehead atoms. The number of cyclic esters (lactones) is 1. The third-order valence-corrected chi connectivity index (χ3v) is 13.8. The van der Waals surface area contributed by atoms with E-state index in [0.717, 1.165) is 28.5 Å². The van der Waals surface area contributed by atoms with E-state index in [-0.39, 0.29) is 81.8 Å². The van der Waals surface area contributed by atoms with Gasteiger partial charge < -0.3 is 59.5 Å². The van der Waals surface area contributed by atoms with Crippen LogP contribution in [-0.2, 0) is 77.6 Å². The molecular weight excluding hydrogens is 914 g/mol. The van der Waals surface area contributed by atoms with Crippen molar-refractivity contribution in [1.29, 1.82) is 0 Å². The number of carbonyl (C=O) groups excluding carboxylic acids is 5. The maximum atomic E-state index is 15.4. The summed E-state index contributed by atoms with van der Waals surface area (Å²) < 4.78 is 44.8. The lowest BCUT2D eigenvalue weighted by Crippen LogP contribution is -2.57. The minimum absolute atomic E-state index is 0.0280. The molecule has 3 amide bonds. The number of hydrogen-bond donors (Lipinski definition) is 4. The van der Waals surface area contributed by atoms with E-state index in [1.165, 1.54) is 11.0 Å². The lowest BCUT2D eigenvalue weighted by atomic mass is 9.81. The second-order valence-electron chi connectivity index (χ2n) is 18.7. The lowest BCUT2D eigenvalue weighted by molar-refractivity contribution is -0.191. The fraction of sp³-hybridized carbons (Fsp3) is 0.592. The Labute approximate surface area is 404 Å². The Bertz CT molecular complexity index is 2600. The molecule has 0 radical (unpaired) electrons. The Morgan fingerprint density at radius 3 is 2.36 bits per heavy atom. The number of amides is 3. The number of aryl methyl sites for hydroxylation is 1. The number of esters is 2. The Hall–Kier alpha value is -5.87. The van der Waals surface area contributed by atoms with Crippen molar-refractivity contribution in [3.8, 4) is 11.4 Å². The van der Waals surface area contributed by atoms with Crippen molar-refractivity contribution < 1.29 is 61.9 Å². The number of benzene rings is 1. The Balaban J connectivity index is 1.08. The lowest BCUT2D eigenvalue weighted by Gasteiger charge is -2.37. The summed E-state index contributed by atoms with van der Waals surface area (Å²) in [6.07, 6.45) is 0.835. The van der Waals surface area contributed by atoms with Gasteiger partial charge >= 0.3 is 17.9 Å². The predicted octanol–water partition coefficient (Wildman–Crippen LogP) is 2.12. The van der Waals surface area contributed by atoms with E-state index in [1.807, 2.05) is 14.1 Å². The highest BCUT2D eigenvalue weighted by atomic mass is 19.1. The summed E-state index contributed by atoms with van der Waals surface area (Å²) in [5.74, 6) is -6.44. The number of pyridine rings is 2. The normalized spacial score (nSPS) is 19.9. The van der Waals surface area contributed by atoms with Gasteiger partial charge in [-0.1, -0.05) is 20.8 Å². The molecule has 0 saturated carbocycles. The molecule has 21 heteroatoms. The van der Waals surface area contributed by atoms with Gasteiger partial charge in [-0.2, -0.15) is 0 Å². The molecule has 0 unspecified atom stereocenters. The molecule has 1 aliphatic carbocycles. The monoisotopic (exact) mass is 977 g/mol. The number of carbonyl (C=O) groups is 6. The quantitative estimate of drug-likeness (QED) is 0.0650. The van der Waals surface area contributed by atoms with Gasteiger partial charge in [-0.25, -0.2) is 19.0 Å². The predicted molar refractivity (Wildman–Crippen MR) is 250 cm³/mol. The zero-order valence-corrected chi connectivity index (χ0v) is 40.7. The van der Waals surface area contributed by atoms with Crippen molar-refractivity contribution >= 4 is 46.5 Å². The van der Waals surface area contributed by atoms with Gasteiger partial charge in [0, 0.05) is 48.1 Å². The van der Waals surface area contributed by atoms with Crippen LogP contribution in [0, 0.1) is 18.7 Å². The summed E-state index contributed by atoms with van der Waals surface area (Å²) in [6.45, 7) is 8.49. The van der Waals surface area contributed by atoms with Crippen molar-refractivity contribution in [1.82, 2.24) is 30.0 Å². The summed E-state index contributed by atoms with van der Waals surface area (Å²) >= 11 is 0. The fourth-order valence-corrected chi connectivity index (χ4v) is 10.1. The average molecular weight is 978 g/mol. The van der Waals surface area contributed by atoms with Gasteiger partial charge in [0.05, 0.1) is 75.1 Å². The average Bonchev–Trinajstić information content (AvgIpc) is 3.96. The van der Waals surface area contributed by atoms with Crippen LogP contribution in [0.4, 0.5) is 4.39 Å². The number of likely N-dealkylation sites (tertiary alicyclic amines) is 1. The number of nitrogens with zero attached hydrogens (tertiary/aromatic N) is 4. The van der Waals surface area contributed by atoms with Gasteiger partial charge in [-0.05, 0) is 81.8 Å². The zero-order chi connectivity index (χ0) is 50.6. The third-order valence-electron chi connectivity index (χ3n) is 13.8. The second-order valence-corrected chi connectivity index (χ2v) is 18.7. The van der Waals surface area contributed by atoms with Crippen molar-refractivity contribution in [3.05, 3.63) is 61.7 Å². The zero-order valence-electron chi connectivity index (χ0n) is 40.7. The third kappa shape index (κ3) is 10.3. The van der Waals surface area contributed by atoms with Crippen LogP contribution in [0.1, 0.15) is 98.7 Å². The van der Waals surface area contributed by atoms with Gasteiger partial charge in [0.25, 0.3) is 5.56 Å². The van der Waals surface area contributed by atoms with Crippen molar-refractivity contribution in [3.63, 3.8) is 0 Å². The first-order valence-corrected chi connectivity index (χ1v) is 24.0. The minimum Gasteiger partial charge on any atom is -0.481 e. The SMILES string of the molecule is CC[C@@]1(OC(=O)[C@@H](NC(=O)[C@@H]2CCCN2C(=O)[C@H](CC(=O)O)NC(=O)CCOCCOCCOCCN)C(C)C)C(=O)OCc2c1cc1n(c2=O)Cc2c-1nc1cc(F)c(C)c3c1c2[C@@H](N(C)C)CC3. The van der Waals surface area contributed by atoms with Crippen LogP contribution in [0.2, 0.25) is 0 Å². The highest BCUT2D eigenvalue weighted by molar-refractivity contribution is 5.97. The molecular formula is C49H64FN7O13. The van der Waals surface area contributed by atoms with Crippen molar-refractivity contribution in [2.24, 2.45) is 11.7 Å². The van der Waals surface area contributed by atoms with Crippen molar-refractivity contribution in [2.75, 3.05) is 66.8 Å². The number of nitrogens with two attached hydrogens (primary N) is 1. The van der Waals surface area contributed by atoms with Gasteiger partial charge in [0.1, 0.15) is 30.5 Å². The number of carboxylic acids is 1. The summed E-state index contributed by atoms with van der Waals surface area (Å²) in [7, 11) is 3.95. The van der Waals surface area contributed by atoms with E-state index in [9.17, 15) is 38.7 Å². The van der Waals surface area contributed by atoms with E-state index in [2.05, 4.69) is 15.5 Å². The number of aromatic nitrogens is 2. The van der Waals surface area contributed by atoms with Crippen LogP contribution < -0.4 is 21.9 Å². The number of halogens is 1. The van der Waals surface area contributed by atoms with Gasteiger partial charge in [-0.3, -0.25) is 24.0 Å². The van der Waals surface area contributed by atoms with E-state index in [0.29, 0.717) is 61.7 Å². The van der Waals surface area contributed by atoms with Crippen LogP contribution in [-0.4, -0.2) is 145 Å². The molecule has 5 atom stereocenters. The fourth-order valence-electron chi connectivity index (χ4n) is 10.1. The van der Waals surface area contributed by atoms with Gasteiger partial charge in [-0.15, -0.1) is 0 Å². The second kappa shape index (κ2) is 22.0. The van der Waals surface area contributed by atoms with Crippen molar-refractivity contribution in [2.45, 2.75) is 116 Å². The minimum atomic E-state index is -2.12. The highest BCUT2D eigenvalue weighted by Crippen LogP contribution is 2.47. The number of fused-ring (bicyclic) bond motifs is 5. The van der Waals surface area contributed by atoms with Crippen LogP contribution in [0.5, 0.6) is 0 Å². The molecule has 70 heavy (non-hydrogen) atoms. The number of rotatable bonds is 22. The van der Waals surface area contributed by atoms with Gasteiger partial charge in [0.2, 0.25) is 23.3 Å². The number of ether oxygens (including phenoxy) is 5. The first kappa shape index (κ1) is 52.0. The first-order valence-electron chi connectivity index (χ1n) is 24.0. The molecule has 1 saturated heterocycles. The molecule has 4 aliphatic rings. The molecule has 2 aromatic heterocycles. The topological polar surface area (TPSA) is 260 Å². The van der Waals surface area contributed by atoms with E-state index < -0.39 is 77.3 Å². The number of hydrogen-bond acceptors (Lipinski definition) is 15. The largest absolute Gasteiger partial charge is 0.481 e. The molecule has 5 heterocycles. The van der Waals surface area contributed by atoms with Gasteiger partial charge in [0.15, 0.2) is 0 Å². The summed E-state index contributed by atoms with van der Waals surface area (Å²) in [5.41, 5.74) is 7.54. The van der Waals surface area contributed by atoms with E-state index in [1.54, 1.807) is 38.3 Å². The first-order chi connectivity index (χ1) is 33.4. The van der Waals surface area contributed by atoms with Crippen LogP contribution >= 0.6 is 0 Å². The maximum absolute atomic E-state index is 15.4. The van der Waals surface area contributed by atoms with E-state index in [4.69, 9.17) is 34.4 Å². The molecule has 1 fully saturated rings. The molecule has 0 spiro atoms. The number of nitrogens with one attached hydrogen (secondary N) is 2. The molecule has 3 aliphatic heterocycles. The van der Waals surface area contributed by atoms with Crippen LogP contribution in [0.3, 0.4) is 0 Å². The number of carboxylic acid groups (broad SMARTS) is 1. The Kier molecular flexibility index (Phi) is 16.4. The molecule has 380 valence electrons. The standard InChI is InChI=1S/C49H64FN7O13/c1-7-49(31-21-37-43-29(24-57(37)45(62)30(31)25-69-48(49)65)41-35(55(5)6)11-10-28-27(4)32(50)22-33(53-43)40(28)41)70-47(64)42(26(2)3)54-44(61)36-9-8-14-56(36)46(63)34(23-39(59)60)52-38(58)12-15-66-17-19-68-20-18-67-16-13-51/h21-22,26,34-36,42H,7-20,23-25,51H2,1-6H3,(H,52,58)(H,54,61)(H,59,60)/t34-,35-,36-,42-,49-/m0/s1. The Morgan fingerprint density at radius 1 is 1.00 bits per heavy atom. The summed E-state index contributed by atoms with van der Waals surface area (Å²) in [5, 5.41) is 15.7.